The lowest BCUT2D eigenvalue weighted by Crippen LogP contribution is -2.38. The van der Waals surface area contributed by atoms with Crippen LogP contribution in [0.5, 0.6) is 0 Å². The Hall–Kier alpha value is -1.43. The fourth-order valence-electron chi connectivity index (χ4n) is 2.57. The Morgan fingerprint density at radius 3 is 2.75 bits per heavy atom. The molecular formula is C14H24N4O2. The van der Waals surface area contributed by atoms with E-state index in [1.807, 2.05) is 7.05 Å². The summed E-state index contributed by atoms with van der Waals surface area (Å²) in [6.45, 7) is 5.64. The Morgan fingerprint density at radius 1 is 1.50 bits per heavy atom. The van der Waals surface area contributed by atoms with E-state index in [1.54, 1.807) is 4.68 Å². The van der Waals surface area contributed by atoms with Gasteiger partial charge in [0.05, 0.1) is 6.04 Å². The van der Waals surface area contributed by atoms with Crippen LogP contribution < -0.4 is 5.32 Å². The summed E-state index contributed by atoms with van der Waals surface area (Å²) in [7, 11) is 1.86. The normalized spacial score (nSPS) is 18.2. The van der Waals surface area contributed by atoms with Gasteiger partial charge < -0.3 is 10.1 Å². The van der Waals surface area contributed by atoms with Gasteiger partial charge in [-0.3, -0.25) is 9.48 Å². The lowest BCUT2D eigenvalue weighted by atomic mass is 9.97. The molecule has 1 saturated heterocycles. The van der Waals surface area contributed by atoms with Crippen molar-refractivity contribution in [3.05, 3.63) is 12.2 Å². The minimum absolute atomic E-state index is 0.0617. The third-order valence-corrected chi connectivity index (χ3v) is 3.67. The van der Waals surface area contributed by atoms with Gasteiger partial charge in [-0.25, -0.2) is 4.98 Å². The molecule has 112 valence electrons. The Labute approximate surface area is 119 Å². The minimum Gasteiger partial charge on any atom is -0.381 e. The molecule has 0 radical (unpaired) electrons. The summed E-state index contributed by atoms with van der Waals surface area (Å²) < 4.78 is 7.04. The maximum absolute atomic E-state index is 12.4. The van der Waals surface area contributed by atoms with Crippen molar-refractivity contribution in [3.8, 4) is 0 Å². The molecular weight excluding hydrogens is 256 g/mol. The molecule has 1 aromatic rings. The number of hydrogen-bond acceptors (Lipinski definition) is 4. The highest BCUT2D eigenvalue weighted by Gasteiger charge is 2.26. The van der Waals surface area contributed by atoms with Crippen molar-refractivity contribution in [2.24, 2.45) is 18.9 Å². The standard InChI is InChI=1S/C14H24N4O2/c1-10(2)8-12(13-15-9-16-18(13)3)17-14(19)11-4-6-20-7-5-11/h9-12H,4-8H2,1-3H3,(H,17,19)/t12-/m1/s1. The number of aryl methyl sites for hydroxylation is 1. The van der Waals surface area contributed by atoms with Crippen molar-refractivity contribution in [1.82, 2.24) is 20.1 Å². The van der Waals surface area contributed by atoms with Gasteiger partial charge in [-0.2, -0.15) is 5.10 Å². The number of ether oxygens (including phenoxy) is 1. The maximum Gasteiger partial charge on any atom is 0.223 e. The fraction of sp³-hybridized carbons (Fsp3) is 0.786. The molecule has 0 aliphatic carbocycles. The molecule has 0 saturated carbocycles. The lowest BCUT2D eigenvalue weighted by molar-refractivity contribution is -0.128. The molecule has 1 aliphatic rings. The van der Waals surface area contributed by atoms with E-state index in [4.69, 9.17) is 4.74 Å². The van der Waals surface area contributed by atoms with Gasteiger partial charge in [0.25, 0.3) is 0 Å². The first-order valence-electron chi connectivity index (χ1n) is 7.30. The van der Waals surface area contributed by atoms with Crippen molar-refractivity contribution in [2.75, 3.05) is 13.2 Å². The van der Waals surface area contributed by atoms with Gasteiger partial charge in [-0.1, -0.05) is 13.8 Å². The molecule has 0 spiro atoms. The number of rotatable bonds is 5. The highest BCUT2D eigenvalue weighted by molar-refractivity contribution is 5.79. The van der Waals surface area contributed by atoms with E-state index >= 15 is 0 Å². The summed E-state index contributed by atoms with van der Waals surface area (Å²) in [5.74, 6) is 1.47. The molecule has 20 heavy (non-hydrogen) atoms. The molecule has 1 fully saturated rings. The second kappa shape index (κ2) is 6.83. The number of hydrogen-bond donors (Lipinski definition) is 1. The molecule has 1 aromatic heterocycles. The van der Waals surface area contributed by atoms with E-state index < -0.39 is 0 Å². The number of amides is 1. The first-order valence-corrected chi connectivity index (χ1v) is 7.30. The smallest absolute Gasteiger partial charge is 0.223 e. The fourth-order valence-corrected chi connectivity index (χ4v) is 2.57. The average molecular weight is 280 g/mol. The van der Waals surface area contributed by atoms with Crippen molar-refractivity contribution in [1.29, 1.82) is 0 Å². The van der Waals surface area contributed by atoms with Crippen LogP contribution in [-0.2, 0) is 16.6 Å². The summed E-state index contributed by atoms with van der Waals surface area (Å²) in [6, 6.07) is -0.0714. The summed E-state index contributed by atoms with van der Waals surface area (Å²) in [5, 5.41) is 7.24. The molecule has 2 rings (SSSR count). The van der Waals surface area contributed by atoms with E-state index in [1.165, 1.54) is 6.33 Å². The zero-order valence-electron chi connectivity index (χ0n) is 12.5. The van der Waals surface area contributed by atoms with Gasteiger partial charge in [0.1, 0.15) is 12.2 Å². The Balaban J connectivity index is 2.03. The molecule has 1 aliphatic heterocycles. The number of nitrogens with zero attached hydrogens (tertiary/aromatic N) is 3. The molecule has 0 bridgehead atoms. The molecule has 6 nitrogen and oxygen atoms in total. The molecule has 1 N–H and O–H groups in total. The van der Waals surface area contributed by atoms with E-state index in [2.05, 4.69) is 29.2 Å². The Morgan fingerprint density at radius 2 is 2.20 bits per heavy atom. The third-order valence-electron chi connectivity index (χ3n) is 3.67. The number of carbonyl (C=O) groups is 1. The second-order valence-corrected chi connectivity index (χ2v) is 5.82. The van der Waals surface area contributed by atoms with E-state index in [9.17, 15) is 4.79 Å². The van der Waals surface area contributed by atoms with Crippen LogP contribution in [0.3, 0.4) is 0 Å². The van der Waals surface area contributed by atoms with Crippen LogP contribution in [-0.4, -0.2) is 33.9 Å². The van der Waals surface area contributed by atoms with Crippen LogP contribution in [0.2, 0.25) is 0 Å². The van der Waals surface area contributed by atoms with Gasteiger partial charge in [-0.15, -0.1) is 0 Å². The predicted molar refractivity (Wildman–Crippen MR) is 74.9 cm³/mol. The largest absolute Gasteiger partial charge is 0.381 e. The van der Waals surface area contributed by atoms with Crippen molar-refractivity contribution >= 4 is 5.91 Å². The summed E-state index contributed by atoms with van der Waals surface area (Å²) in [4.78, 5) is 16.7. The SMILES string of the molecule is CC(C)C[C@@H](NC(=O)C1CCOCC1)c1ncnn1C. The average Bonchev–Trinajstić information content (AvgIpc) is 2.84. The van der Waals surface area contributed by atoms with Crippen LogP contribution in [0.25, 0.3) is 0 Å². The second-order valence-electron chi connectivity index (χ2n) is 5.82. The summed E-state index contributed by atoms with van der Waals surface area (Å²) >= 11 is 0. The maximum atomic E-state index is 12.4. The molecule has 6 heteroatoms. The lowest BCUT2D eigenvalue weighted by Gasteiger charge is -2.25. The van der Waals surface area contributed by atoms with Crippen molar-refractivity contribution < 1.29 is 9.53 Å². The van der Waals surface area contributed by atoms with Gasteiger partial charge in [0.2, 0.25) is 5.91 Å². The molecule has 2 heterocycles. The monoisotopic (exact) mass is 280 g/mol. The summed E-state index contributed by atoms with van der Waals surface area (Å²) in [6.07, 6.45) is 4.00. The number of carbonyl (C=O) groups excluding carboxylic acids is 1. The van der Waals surface area contributed by atoms with E-state index in [0.29, 0.717) is 19.1 Å². The molecule has 0 unspecified atom stereocenters. The van der Waals surface area contributed by atoms with Gasteiger partial charge in [0.15, 0.2) is 0 Å². The van der Waals surface area contributed by atoms with E-state index in [0.717, 1.165) is 25.1 Å². The highest BCUT2D eigenvalue weighted by atomic mass is 16.5. The molecule has 1 atom stereocenters. The first kappa shape index (κ1) is 15.0. The zero-order chi connectivity index (χ0) is 14.5. The topological polar surface area (TPSA) is 69.0 Å². The van der Waals surface area contributed by atoms with Gasteiger partial charge in [0, 0.05) is 26.2 Å². The Bertz CT molecular complexity index is 438. The van der Waals surface area contributed by atoms with Crippen LogP contribution >= 0.6 is 0 Å². The van der Waals surface area contributed by atoms with E-state index in [-0.39, 0.29) is 17.9 Å². The molecule has 0 aromatic carbocycles. The van der Waals surface area contributed by atoms with Gasteiger partial charge in [-0.05, 0) is 25.2 Å². The zero-order valence-corrected chi connectivity index (χ0v) is 12.5. The number of aromatic nitrogens is 3. The minimum atomic E-state index is -0.0714. The number of nitrogens with one attached hydrogen (secondary N) is 1. The van der Waals surface area contributed by atoms with Crippen LogP contribution in [0, 0.1) is 11.8 Å². The van der Waals surface area contributed by atoms with Crippen molar-refractivity contribution in [3.63, 3.8) is 0 Å². The quantitative estimate of drug-likeness (QED) is 0.886. The van der Waals surface area contributed by atoms with Crippen LogP contribution in [0.15, 0.2) is 6.33 Å². The third kappa shape index (κ3) is 3.79. The molecule has 1 amide bonds. The Kier molecular flexibility index (Phi) is 5.11. The highest BCUT2D eigenvalue weighted by Crippen LogP contribution is 2.21. The summed E-state index contributed by atoms with van der Waals surface area (Å²) in [5.41, 5.74) is 0. The van der Waals surface area contributed by atoms with Crippen LogP contribution in [0.4, 0.5) is 0 Å². The van der Waals surface area contributed by atoms with Crippen molar-refractivity contribution in [2.45, 2.75) is 39.2 Å². The predicted octanol–water partition coefficient (Wildman–Crippen LogP) is 1.45. The van der Waals surface area contributed by atoms with Gasteiger partial charge >= 0.3 is 0 Å². The van der Waals surface area contributed by atoms with Crippen LogP contribution in [0.1, 0.15) is 45.0 Å². The first-order chi connectivity index (χ1) is 9.58.